The van der Waals surface area contributed by atoms with Crippen LogP contribution in [0.15, 0.2) is 42.6 Å². The molecule has 0 aliphatic rings. The fraction of sp³-hybridized carbons (Fsp3) is 0.294. The molecule has 1 atom stereocenters. The Kier molecular flexibility index (Phi) is 5.51. The summed E-state index contributed by atoms with van der Waals surface area (Å²) in [6, 6.07) is 8.99. The lowest BCUT2D eigenvalue weighted by atomic mass is 10.2. The molecule has 1 aromatic heterocycles. The van der Waals surface area contributed by atoms with Crippen molar-refractivity contribution >= 4 is 17.3 Å². The van der Waals surface area contributed by atoms with Crippen LogP contribution in [0.3, 0.4) is 0 Å². The number of pyridine rings is 1. The van der Waals surface area contributed by atoms with Gasteiger partial charge in [0.1, 0.15) is 11.9 Å². The highest BCUT2D eigenvalue weighted by molar-refractivity contribution is 5.96. The molecule has 1 heterocycles. The standard InChI is InChI=1S/C17H20FN3O2/c1-11(2)23-16-9-8-13(10-19-16)20-12(3)17(22)21-15-7-5-4-6-14(15)18/h4-12,20H,1-3H3,(H,21,22)/t12-/m1/s1. The van der Waals surface area contributed by atoms with Gasteiger partial charge < -0.3 is 15.4 Å². The number of para-hydroxylation sites is 1. The van der Waals surface area contributed by atoms with Gasteiger partial charge in [0, 0.05) is 6.07 Å². The average Bonchev–Trinajstić information content (AvgIpc) is 2.51. The average molecular weight is 317 g/mol. The van der Waals surface area contributed by atoms with E-state index >= 15 is 0 Å². The number of hydrogen-bond acceptors (Lipinski definition) is 4. The van der Waals surface area contributed by atoms with Crippen LogP contribution in [0.1, 0.15) is 20.8 Å². The fourth-order valence-electron chi connectivity index (χ4n) is 1.90. The van der Waals surface area contributed by atoms with E-state index in [1.165, 1.54) is 12.1 Å². The van der Waals surface area contributed by atoms with Gasteiger partial charge in [0.25, 0.3) is 0 Å². The van der Waals surface area contributed by atoms with Crippen molar-refractivity contribution in [1.82, 2.24) is 4.98 Å². The maximum atomic E-state index is 13.5. The van der Waals surface area contributed by atoms with Crippen molar-refractivity contribution in [3.05, 3.63) is 48.4 Å². The third-order valence-corrected chi connectivity index (χ3v) is 3.00. The van der Waals surface area contributed by atoms with E-state index < -0.39 is 11.9 Å². The molecule has 5 nitrogen and oxygen atoms in total. The van der Waals surface area contributed by atoms with E-state index in [2.05, 4.69) is 15.6 Å². The number of rotatable bonds is 6. The van der Waals surface area contributed by atoms with Crippen LogP contribution >= 0.6 is 0 Å². The first-order valence-corrected chi connectivity index (χ1v) is 7.40. The molecule has 1 amide bonds. The van der Waals surface area contributed by atoms with Crippen LogP contribution < -0.4 is 15.4 Å². The lowest BCUT2D eigenvalue weighted by molar-refractivity contribution is -0.116. The molecule has 6 heteroatoms. The predicted octanol–water partition coefficient (Wildman–Crippen LogP) is 3.45. The smallest absolute Gasteiger partial charge is 0.246 e. The van der Waals surface area contributed by atoms with Crippen LogP contribution in [0.2, 0.25) is 0 Å². The van der Waals surface area contributed by atoms with Crippen LogP contribution in [-0.4, -0.2) is 23.0 Å². The highest BCUT2D eigenvalue weighted by atomic mass is 19.1. The van der Waals surface area contributed by atoms with Gasteiger partial charge in [0.15, 0.2) is 0 Å². The summed E-state index contributed by atoms with van der Waals surface area (Å²) in [7, 11) is 0. The molecule has 2 rings (SSSR count). The van der Waals surface area contributed by atoms with Crippen molar-refractivity contribution in [2.45, 2.75) is 32.9 Å². The Bertz CT molecular complexity index is 659. The first-order chi connectivity index (χ1) is 11.0. The SMILES string of the molecule is CC(C)Oc1ccc(N[C@H](C)C(=O)Nc2ccccc2F)cn1. The molecule has 2 N–H and O–H groups in total. The minimum Gasteiger partial charge on any atom is -0.475 e. The van der Waals surface area contributed by atoms with Gasteiger partial charge in [-0.2, -0.15) is 0 Å². The Morgan fingerprint density at radius 2 is 1.91 bits per heavy atom. The molecule has 23 heavy (non-hydrogen) atoms. The maximum absolute atomic E-state index is 13.5. The van der Waals surface area contributed by atoms with Crippen LogP contribution in [0.4, 0.5) is 15.8 Å². The molecule has 0 radical (unpaired) electrons. The molecule has 0 saturated heterocycles. The Morgan fingerprint density at radius 1 is 1.17 bits per heavy atom. The Hall–Kier alpha value is -2.63. The fourth-order valence-corrected chi connectivity index (χ4v) is 1.90. The first-order valence-electron chi connectivity index (χ1n) is 7.40. The number of nitrogens with one attached hydrogen (secondary N) is 2. The molecule has 0 bridgehead atoms. The number of ether oxygens (including phenoxy) is 1. The van der Waals surface area contributed by atoms with Crippen molar-refractivity contribution < 1.29 is 13.9 Å². The van der Waals surface area contributed by atoms with Crippen LogP contribution in [-0.2, 0) is 4.79 Å². The summed E-state index contributed by atoms with van der Waals surface area (Å²) in [5, 5.41) is 5.56. The zero-order valence-corrected chi connectivity index (χ0v) is 13.3. The summed E-state index contributed by atoms with van der Waals surface area (Å²) in [6.07, 6.45) is 1.64. The van der Waals surface area contributed by atoms with Gasteiger partial charge in [0.05, 0.1) is 23.7 Å². The number of aromatic nitrogens is 1. The van der Waals surface area contributed by atoms with Crippen LogP contribution in [0.25, 0.3) is 0 Å². The number of carbonyl (C=O) groups is 1. The van der Waals surface area contributed by atoms with Crippen molar-refractivity contribution in [2.24, 2.45) is 0 Å². The third kappa shape index (κ3) is 4.95. The van der Waals surface area contributed by atoms with Crippen LogP contribution in [0.5, 0.6) is 5.88 Å². The zero-order valence-electron chi connectivity index (χ0n) is 13.3. The Balaban J connectivity index is 1.94. The van der Waals surface area contributed by atoms with E-state index in [9.17, 15) is 9.18 Å². The Labute approximate surface area is 134 Å². The summed E-state index contributed by atoms with van der Waals surface area (Å²) in [4.78, 5) is 16.2. The van der Waals surface area contributed by atoms with E-state index in [1.807, 2.05) is 13.8 Å². The Morgan fingerprint density at radius 3 is 2.52 bits per heavy atom. The largest absolute Gasteiger partial charge is 0.475 e. The van der Waals surface area contributed by atoms with Gasteiger partial charge in [-0.1, -0.05) is 12.1 Å². The van der Waals surface area contributed by atoms with Gasteiger partial charge in [0.2, 0.25) is 11.8 Å². The topological polar surface area (TPSA) is 63.2 Å². The summed E-state index contributed by atoms with van der Waals surface area (Å²) in [5.74, 6) is -0.281. The molecular formula is C17H20FN3O2. The summed E-state index contributed by atoms with van der Waals surface area (Å²) >= 11 is 0. The number of nitrogens with zero attached hydrogens (tertiary/aromatic N) is 1. The number of carbonyl (C=O) groups excluding carboxylic acids is 1. The van der Waals surface area contributed by atoms with E-state index in [0.717, 1.165) is 0 Å². The molecule has 0 fully saturated rings. The first kappa shape index (κ1) is 16.7. The summed E-state index contributed by atoms with van der Waals surface area (Å²) in [6.45, 7) is 5.53. The molecule has 0 unspecified atom stereocenters. The number of benzene rings is 1. The second kappa shape index (κ2) is 7.58. The highest BCUT2D eigenvalue weighted by Gasteiger charge is 2.14. The van der Waals surface area contributed by atoms with E-state index in [-0.39, 0.29) is 17.7 Å². The summed E-state index contributed by atoms with van der Waals surface area (Å²) in [5.41, 5.74) is 0.835. The molecule has 1 aromatic carbocycles. The molecule has 0 aliphatic carbocycles. The predicted molar refractivity (Wildman–Crippen MR) is 88.1 cm³/mol. The van der Waals surface area contributed by atoms with E-state index in [4.69, 9.17) is 4.74 Å². The second-order valence-electron chi connectivity index (χ2n) is 5.39. The second-order valence-corrected chi connectivity index (χ2v) is 5.39. The van der Waals surface area contributed by atoms with Crippen molar-refractivity contribution in [1.29, 1.82) is 0 Å². The zero-order chi connectivity index (χ0) is 16.8. The van der Waals surface area contributed by atoms with Crippen molar-refractivity contribution in [3.8, 4) is 5.88 Å². The maximum Gasteiger partial charge on any atom is 0.246 e. The summed E-state index contributed by atoms with van der Waals surface area (Å²) < 4.78 is 19.0. The molecule has 0 saturated carbocycles. The van der Waals surface area contributed by atoms with Gasteiger partial charge in [-0.25, -0.2) is 9.37 Å². The molecule has 122 valence electrons. The third-order valence-electron chi connectivity index (χ3n) is 3.00. The minimum absolute atomic E-state index is 0.0479. The quantitative estimate of drug-likeness (QED) is 0.856. The molecule has 0 spiro atoms. The number of hydrogen-bond donors (Lipinski definition) is 2. The normalized spacial score (nSPS) is 11.9. The van der Waals surface area contributed by atoms with Crippen molar-refractivity contribution in [2.75, 3.05) is 10.6 Å². The van der Waals surface area contributed by atoms with Crippen molar-refractivity contribution in [3.63, 3.8) is 0 Å². The number of amides is 1. The molecule has 0 aliphatic heterocycles. The van der Waals surface area contributed by atoms with Gasteiger partial charge in [-0.05, 0) is 39.0 Å². The van der Waals surface area contributed by atoms with Gasteiger partial charge in [-0.3, -0.25) is 4.79 Å². The monoisotopic (exact) mass is 317 g/mol. The van der Waals surface area contributed by atoms with E-state index in [1.54, 1.807) is 37.4 Å². The number of halogens is 1. The highest BCUT2D eigenvalue weighted by Crippen LogP contribution is 2.15. The molecule has 2 aromatic rings. The lowest BCUT2D eigenvalue weighted by Crippen LogP contribution is -2.32. The number of anilines is 2. The lowest BCUT2D eigenvalue weighted by Gasteiger charge is -2.16. The molecular weight excluding hydrogens is 297 g/mol. The van der Waals surface area contributed by atoms with E-state index in [0.29, 0.717) is 11.6 Å². The minimum atomic E-state index is -0.548. The van der Waals surface area contributed by atoms with Gasteiger partial charge in [-0.15, -0.1) is 0 Å². The van der Waals surface area contributed by atoms with Crippen LogP contribution in [0, 0.1) is 5.82 Å². The van der Waals surface area contributed by atoms with Gasteiger partial charge >= 0.3 is 0 Å².